The van der Waals surface area contributed by atoms with E-state index in [4.69, 9.17) is 16.3 Å². The Hall–Kier alpha value is -0.800. The third-order valence-corrected chi connectivity index (χ3v) is 4.60. The molecule has 0 amide bonds. The van der Waals surface area contributed by atoms with Crippen LogP contribution in [0.2, 0.25) is 5.15 Å². The van der Waals surface area contributed by atoms with E-state index in [1.54, 1.807) is 12.3 Å². The predicted octanol–water partition coefficient (Wildman–Crippen LogP) is 3.23. The Morgan fingerprint density at radius 2 is 2.22 bits per heavy atom. The van der Waals surface area contributed by atoms with Gasteiger partial charge in [0.1, 0.15) is 17.0 Å². The molecule has 2 unspecified atom stereocenters. The highest BCUT2D eigenvalue weighted by Gasteiger charge is 2.40. The van der Waals surface area contributed by atoms with Gasteiger partial charge in [0.25, 0.3) is 0 Å². The van der Waals surface area contributed by atoms with Gasteiger partial charge in [-0.1, -0.05) is 18.5 Å². The van der Waals surface area contributed by atoms with Gasteiger partial charge >= 0.3 is 0 Å². The number of aromatic nitrogens is 1. The molecule has 1 aromatic heterocycles. The molecule has 2 atom stereocenters. The Balaban J connectivity index is 2.10. The number of rotatable bonds is 2. The zero-order valence-electron chi connectivity index (χ0n) is 11.5. The summed E-state index contributed by atoms with van der Waals surface area (Å²) in [5.41, 5.74) is 0.153. The normalized spacial score (nSPS) is 28.1. The van der Waals surface area contributed by atoms with Crippen molar-refractivity contribution in [1.29, 1.82) is 0 Å². The molecule has 1 aliphatic rings. The first-order valence-electron chi connectivity index (χ1n) is 6.40. The molecule has 4 heteroatoms. The minimum atomic E-state index is 0.153. The van der Waals surface area contributed by atoms with Crippen molar-refractivity contribution in [2.75, 3.05) is 13.6 Å². The zero-order valence-corrected chi connectivity index (χ0v) is 12.2. The summed E-state index contributed by atoms with van der Waals surface area (Å²) >= 11 is 5.88. The summed E-state index contributed by atoms with van der Waals surface area (Å²) in [6.07, 6.45) is 2.96. The largest absolute Gasteiger partial charge is 0.490 e. The molecule has 18 heavy (non-hydrogen) atoms. The Bertz CT molecular complexity index is 422. The van der Waals surface area contributed by atoms with E-state index in [1.165, 1.54) is 0 Å². The van der Waals surface area contributed by atoms with E-state index in [2.05, 4.69) is 37.7 Å². The average molecular weight is 269 g/mol. The molecular weight excluding hydrogens is 248 g/mol. The smallest absolute Gasteiger partial charge is 0.132 e. The Morgan fingerprint density at radius 1 is 1.50 bits per heavy atom. The quantitative estimate of drug-likeness (QED) is 0.770. The summed E-state index contributed by atoms with van der Waals surface area (Å²) in [4.78, 5) is 6.37. The van der Waals surface area contributed by atoms with Gasteiger partial charge in [0, 0.05) is 30.3 Å². The molecule has 1 aliphatic heterocycles. The average Bonchev–Trinajstić information content (AvgIpc) is 2.31. The Kier molecular flexibility index (Phi) is 3.83. The van der Waals surface area contributed by atoms with Crippen LogP contribution in [0.1, 0.15) is 27.2 Å². The van der Waals surface area contributed by atoms with Crippen LogP contribution in [0.5, 0.6) is 5.75 Å². The number of hydrogen-bond donors (Lipinski definition) is 0. The first-order valence-corrected chi connectivity index (χ1v) is 6.78. The molecule has 3 nitrogen and oxygen atoms in total. The third kappa shape index (κ3) is 2.62. The number of hydrogen-bond acceptors (Lipinski definition) is 3. The van der Waals surface area contributed by atoms with Crippen molar-refractivity contribution >= 4 is 11.6 Å². The highest BCUT2D eigenvalue weighted by Crippen LogP contribution is 2.34. The van der Waals surface area contributed by atoms with E-state index < -0.39 is 0 Å². The highest BCUT2D eigenvalue weighted by molar-refractivity contribution is 6.29. The first kappa shape index (κ1) is 13.6. The van der Waals surface area contributed by atoms with Crippen LogP contribution in [-0.2, 0) is 0 Å². The van der Waals surface area contributed by atoms with Gasteiger partial charge in [-0.05, 0) is 33.4 Å². The maximum absolute atomic E-state index is 6.08. The maximum atomic E-state index is 6.08. The molecule has 0 aliphatic carbocycles. The third-order valence-electron chi connectivity index (χ3n) is 4.39. The molecule has 0 radical (unpaired) electrons. The van der Waals surface area contributed by atoms with E-state index in [0.717, 1.165) is 18.7 Å². The molecule has 0 spiro atoms. The van der Waals surface area contributed by atoms with E-state index in [0.29, 0.717) is 11.1 Å². The molecular formula is C14H21ClN2O. The molecule has 1 aromatic rings. The zero-order chi connectivity index (χ0) is 13.3. The molecule has 1 saturated heterocycles. The van der Waals surface area contributed by atoms with Gasteiger partial charge < -0.3 is 9.64 Å². The van der Waals surface area contributed by atoms with E-state index in [1.807, 2.05) is 6.07 Å². The summed E-state index contributed by atoms with van der Waals surface area (Å²) in [6.45, 7) is 7.85. The van der Waals surface area contributed by atoms with Crippen molar-refractivity contribution in [1.82, 2.24) is 9.88 Å². The molecule has 0 saturated carbocycles. The van der Waals surface area contributed by atoms with Crippen LogP contribution < -0.4 is 4.74 Å². The molecule has 0 N–H and O–H groups in total. The Morgan fingerprint density at radius 3 is 2.89 bits per heavy atom. The minimum Gasteiger partial charge on any atom is -0.490 e. The predicted molar refractivity (Wildman–Crippen MR) is 74.2 cm³/mol. The van der Waals surface area contributed by atoms with Crippen LogP contribution in [-0.4, -0.2) is 35.1 Å². The standard InChI is InChI=1S/C14H21ClN2O/c1-10-12(6-8-17(4)14(10,2)3)18-11-5-7-16-13(15)9-11/h5,7,9-10,12H,6,8H2,1-4H3. The number of pyridine rings is 1. The molecule has 0 bridgehead atoms. The summed E-state index contributed by atoms with van der Waals surface area (Å²) < 4.78 is 6.08. The van der Waals surface area contributed by atoms with Gasteiger partial charge in [-0.2, -0.15) is 0 Å². The summed E-state index contributed by atoms with van der Waals surface area (Å²) in [5, 5.41) is 0.479. The van der Waals surface area contributed by atoms with E-state index in [9.17, 15) is 0 Å². The number of piperidine rings is 1. The summed E-state index contributed by atoms with van der Waals surface area (Å²) in [7, 11) is 2.18. The topological polar surface area (TPSA) is 25.4 Å². The second-order valence-corrected chi connectivity index (χ2v) is 6.01. The lowest BCUT2D eigenvalue weighted by molar-refractivity contribution is -0.0282. The lowest BCUT2D eigenvalue weighted by Crippen LogP contribution is -2.56. The lowest BCUT2D eigenvalue weighted by Gasteiger charge is -2.48. The van der Waals surface area contributed by atoms with Crippen LogP contribution in [0.25, 0.3) is 0 Å². The van der Waals surface area contributed by atoms with Crippen LogP contribution >= 0.6 is 11.6 Å². The van der Waals surface area contributed by atoms with E-state index in [-0.39, 0.29) is 11.6 Å². The molecule has 2 heterocycles. The van der Waals surface area contributed by atoms with Crippen LogP contribution in [0.3, 0.4) is 0 Å². The second-order valence-electron chi connectivity index (χ2n) is 5.62. The number of halogens is 1. The number of nitrogens with zero attached hydrogens (tertiary/aromatic N) is 2. The van der Waals surface area contributed by atoms with Gasteiger partial charge in [-0.25, -0.2) is 4.98 Å². The number of likely N-dealkylation sites (tertiary alicyclic amines) is 1. The fourth-order valence-corrected chi connectivity index (χ4v) is 2.62. The fraction of sp³-hybridized carbons (Fsp3) is 0.643. The van der Waals surface area contributed by atoms with Crippen molar-refractivity contribution in [2.24, 2.45) is 5.92 Å². The van der Waals surface area contributed by atoms with Crippen molar-refractivity contribution < 1.29 is 4.74 Å². The van der Waals surface area contributed by atoms with Gasteiger partial charge in [0.15, 0.2) is 0 Å². The second kappa shape index (κ2) is 5.06. The van der Waals surface area contributed by atoms with Crippen molar-refractivity contribution in [3.63, 3.8) is 0 Å². The summed E-state index contributed by atoms with van der Waals surface area (Å²) in [5.74, 6) is 1.27. The Labute approximate surface area is 114 Å². The van der Waals surface area contributed by atoms with Gasteiger partial charge in [-0.15, -0.1) is 0 Å². The lowest BCUT2D eigenvalue weighted by atomic mass is 9.79. The monoisotopic (exact) mass is 268 g/mol. The number of ether oxygens (including phenoxy) is 1. The molecule has 2 rings (SSSR count). The van der Waals surface area contributed by atoms with Crippen molar-refractivity contribution in [2.45, 2.75) is 38.8 Å². The van der Waals surface area contributed by atoms with Gasteiger partial charge in [0.05, 0.1) is 0 Å². The van der Waals surface area contributed by atoms with Gasteiger partial charge in [-0.3, -0.25) is 0 Å². The van der Waals surface area contributed by atoms with Crippen molar-refractivity contribution in [3.8, 4) is 5.75 Å². The van der Waals surface area contributed by atoms with E-state index >= 15 is 0 Å². The van der Waals surface area contributed by atoms with Crippen LogP contribution in [0.15, 0.2) is 18.3 Å². The van der Waals surface area contributed by atoms with Crippen LogP contribution in [0.4, 0.5) is 0 Å². The van der Waals surface area contributed by atoms with Gasteiger partial charge in [0.2, 0.25) is 0 Å². The SMILES string of the molecule is CC1C(Oc2ccnc(Cl)c2)CCN(C)C1(C)C. The summed E-state index contributed by atoms with van der Waals surface area (Å²) in [6, 6.07) is 3.64. The molecule has 0 aromatic carbocycles. The van der Waals surface area contributed by atoms with Crippen LogP contribution in [0, 0.1) is 5.92 Å². The fourth-order valence-electron chi connectivity index (χ4n) is 2.46. The molecule has 100 valence electrons. The minimum absolute atomic E-state index is 0.153. The maximum Gasteiger partial charge on any atom is 0.132 e. The molecule has 1 fully saturated rings. The van der Waals surface area contributed by atoms with Crippen molar-refractivity contribution in [3.05, 3.63) is 23.5 Å². The highest BCUT2D eigenvalue weighted by atomic mass is 35.5. The first-order chi connectivity index (χ1) is 8.41.